The summed E-state index contributed by atoms with van der Waals surface area (Å²) in [5.41, 5.74) is 7.37. The molecule has 1 aliphatic heterocycles. The van der Waals surface area contributed by atoms with Crippen molar-refractivity contribution < 1.29 is 4.79 Å². The molecule has 1 amide bonds. The van der Waals surface area contributed by atoms with Crippen LogP contribution in [-0.4, -0.2) is 42.5 Å². The summed E-state index contributed by atoms with van der Waals surface area (Å²) in [5, 5.41) is 3.27. The maximum Gasteiger partial charge on any atom is 0.237 e. The van der Waals surface area contributed by atoms with E-state index in [9.17, 15) is 4.79 Å². The lowest BCUT2D eigenvalue weighted by Gasteiger charge is -2.28. The minimum absolute atomic E-state index is 0. The van der Waals surface area contributed by atoms with Crippen molar-refractivity contribution in [2.45, 2.75) is 57.0 Å². The van der Waals surface area contributed by atoms with E-state index < -0.39 is 0 Å². The first kappa shape index (κ1) is 20.2. The number of nitrogens with zero attached hydrogens (tertiary/aromatic N) is 1. The van der Waals surface area contributed by atoms with Gasteiger partial charge in [0.25, 0.3) is 0 Å². The molecule has 3 N–H and O–H groups in total. The number of hydrogen-bond acceptors (Lipinski definition) is 3. The lowest BCUT2D eigenvalue weighted by atomic mass is 9.89. The Balaban J connectivity index is 0.00000225. The fourth-order valence-corrected chi connectivity index (χ4v) is 4.27. The molecule has 2 aliphatic rings. The molecule has 1 aromatic carbocycles. The van der Waals surface area contributed by atoms with E-state index in [1.165, 1.54) is 24.8 Å². The second-order valence-electron chi connectivity index (χ2n) is 7.49. The number of nitrogens with two attached hydrogens (primary N) is 1. The highest BCUT2D eigenvalue weighted by molar-refractivity contribution is 5.85. The molecule has 3 atom stereocenters. The third kappa shape index (κ3) is 4.96. The third-order valence-electron chi connectivity index (χ3n) is 5.88. The van der Waals surface area contributed by atoms with E-state index in [4.69, 9.17) is 5.73 Å². The van der Waals surface area contributed by atoms with Crippen molar-refractivity contribution in [1.29, 1.82) is 0 Å². The Morgan fingerprint density at radius 3 is 2.52 bits per heavy atom. The largest absolute Gasteiger partial charge is 0.352 e. The standard InChI is InChI=1S/C20H31N3O.ClH/c1-15(20(24)22-18-10-6-3-7-11-18)23-13-17(12-21)19(14-23)16-8-4-2-5-9-16;/h2,4-5,8-9,15,17-19H,3,6-7,10-14,21H2,1H3,(H,22,24);1H/t15?,17-,19+;/m1./s1. The van der Waals surface area contributed by atoms with Crippen LogP contribution in [0.1, 0.15) is 50.5 Å². The zero-order valence-electron chi connectivity index (χ0n) is 15.2. The molecule has 4 nitrogen and oxygen atoms in total. The van der Waals surface area contributed by atoms with Crippen LogP contribution in [0, 0.1) is 5.92 Å². The first-order chi connectivity index (χ1) is 11.7. The number of amides is 1. The van der Waals surface area contributed by atoms with Crippen LogP contribution >= 0.6 is 12.4 Å². The molecule has 1 aromatic rings. The topological polar surface area (TPSA) is 58.4 Å². The van der Waals surface area contributed by atoms with Gasteiger partial charge >= 0.3 is 0 Å². The number of nitrogens with one attached hydrogen (secondary N) is 1. The summed E-state index contributed by atoms with van der Waals surface area (Å²) in [7, 11) is 0. The maximum absolute atomic E-state index is 12.7. The molecule has 0 radical (unpaired) electrons. The van der Waals surface area contributed by atoms with Crippen molar-refractivity contribution in [2.75, 3.05) is 19.6 Å². The third-order valence-corrected chi connectivity index (χ3v) is 5.88. The van der Waals surface area contributed by atoms with Crippen molar-refractivity contribution >= 4 is 18.3 Å². The molecule has 1 saturated heterocycles. The molecule has 0 aromatic heterocycles. The summed E-state index contributed by atoms with van der Waals surface area (Å²) in [6.45, 7) is 4.55. The Hall–Kier alpha value is -1.10. The van der Waals surface area contributed by atoms with Gasteiger partial charge in [0.05, 0.1) is 6.04 Å². The fraction of sp³-hybridized carbons (Fsp3) is 0.650. The SMILES string of the molecule is CC(C(=O)NC1CCCCC1)N1C[C@@H](CN)[C@H](c2ccccc2)C1.Cl. The Kier molecular flexibility index (Phi) is 7.73. The molecule has 1 unspecified atom stereocenters. The van der Waals surface area contributed by atoms with E-state index in [2.05, 4.69) is 34.5 Å². The van der Waals surface area contributed by atoms with Crippen molar-refractivity contribution in [3.8, 4) is 0 Å². The number of rotatable bonds is 5. The summed E-state index contributed by atoms with van der Waals surface area (Å²) in [4.78, 5) is 15.0. The van der Waals surface area contributed by atoms with Crippen LogP contribution in [-0.2, 0) is 4.79 Å². The van der Waals surface area contributed by atoms with E-state index in [0.717, 1.165) is 25.9 Å². The van der Waals surface area contributed by atoms with Gasteiger partial charge in [-0.2, -0.15) is 0 Å². The fourth-order valence-electron chi connectivity index (χ4n) is 4.27. The lowest BCUT2D eigenvalue weighted by molar-refractivity contribution is -0.126. The molecule has 140 valence electrons. The van der Waals surface area contributed by atoms with Gasteiger partial charge in [-0.1, -0.05) is 49.6 Å². The minimum Gasteiger partial charge on any atom is -0.352 e. The molecular formula is C20H32ClN3O. The summed E-state index contributed by atoms with van der Waals surface area (Å²) in [6.07, 6.45) is 6.07. The molecule has 1 heterocycles. The molecule has 5 heteroatoms. The van der Waals surface area contributed by atoms with Crippen LogP contribution in [0.3, 0.4) is 0 Å². The Morgan fingerprint density at radius 2 is 1.88 bits per heavy atom. The molecule has 3 rings (SSSR count). The number of halogens is 1. The number of carbonyl (C=O) groups excluding carboxylic acids is 1. The highest BCUT2D eigenvalue weighted by Crippen LogP contribution is 2.33. The lowest BCUT2D eigenvalue weighted by Crippen LogP contribution is -2.48. The molecule has 1 aliphatic carbocycles. The molecular weight excluding hydrogens is 334 g/mol. The van der Waals surface area contributed by atoms with E-state index in [-0.39, 0.29) is 24.4 Å². The van der Waals surface area contributed by atoms with Gasteiger partial charge in [0, 0.05) is 25.0 Å². The number of benzene rings is 1. The van der Waals surface area contributed by atoms with Gasteiger partial charge in [0.1, 0.15) is 0 Å². The van der Waals surface area contributed by atoms with Gasteiger partial charge in [-0.05, 0) is 37.8 Å². The summed E-state index contributed by atoms with van der Waals surface area (Å²) in [6, 6.07) is 10.9. The monoisotopic (exact) mass is 365 g/mol. The highest BCUT2D eigenvalue weighted by atomic mass is 35.5. The van der Waals surface area contributed by atoms with Crippen LogP contribution in [0.25, 0.3) is 0 Å². The average Bonchev–Trinajstić information content (AvgIpc) is 3.07. The van der Waals surface area contributed by atoms with Gasteiger partial charge < -0.3 is 11.1 Å². The van der Waals surface area contributed by atoms with E-state index in [1.54, 1.807) is 0 Å². The van der Waals surface area contributed by atoms with Crippen LogP contribution in [0.5, 0.6) is 0 Å². The average molecular weight is 366 g/mol. The highest BCUT2D eigenvalue weighted by Gasteiger charge is 2.37. The van der Waals surface area contributed by atoms with Gasteiger partial charge in [-0.3, -0.25) is 9.69 Å². The molecule has 25 heavy (non-hydrogen) atoms. The molecule has 0 spiro atoms. The summed E-state index contributed by atoms with van der Waals surface area (Å²) >= 11 is 0. The molecule has 1 saturated carbocycles. The van der Waals surface area contributed by atoms with Gasteiger partial charge in [0.2, 0.25) is 5.91 Å². The Bertz CT molecular complexity index is 533. The minimum atomic E-state index is -0.0744. The van der Waals surface area contributed by atoms with Gasteiger partial charge in [-0.25, -0.2) is 0 Å². The zero-order valence-corrected chi connectivity index (χ0v) is 16.0. The number of likely N-dealkylation sites (tertiary alicyclic amines) is 1. The molecule has 0 bridgehead atoms. The van der Waals surface area contributed by atoms with E-state index in [1.807, 2.05) is 13.0 Å². The number of carbonyl (C=O) groups is 1. The second-order valence-corrected chi connectivity index (χ2v) is 7.49. The summed E-state index contributed by atoms with van der Waals surface area (Å²) < 4.78 is 0. The van der Waals surface area contributed by atoms with E-state index in [0.29, 0.717) is 24.4 Å². The second kappa shape index (κ2) is 9.56. The first-order valence-corrected chi connectivity index (χ1v) is 9.48. The molecule has 2 fully saturated rings. The van der Waals surface area contributed by atoms with Gasteiger partial charge in [-0.15, -0.1) is 12.4 Å². The van der Waals surface area contributed by atoms with Crippen molar-refractivity contribution in [3.05, 3.63) is 35.9 Å². The zero-order chi connectivity index (χ0) is 16.9. The Morgan fingerprint density at radius 1 is 1.20 bits per heavy atom. The van der Waals surface area contributed by atoms with Crippen LogP contribution in [0.15, 0.2) is 30.3 Å². The maximum atomic E-state index is 12.7. The first-order valence-electron chi connectivity index (χ1n) is 9.48. The summed E-state index contributed by atoms with van der Waals surface area (Å²) in [5.74, 6) is 1.05. The van der Waals surface area contributed by atoms with E-state index >= 15 is 0 Å². The smallest absolute Gasteiger partial charge is 0.237 e. The van der Waals surface area contributed by atoms with Crippen LogP contribution in [0.4, 0.5) is 0 Å². The van der Waals surface area contributed by atoms with Crippen LogP contribution < -0.4 is 11.1 Å². The quantitative estimate of drug-likeness (QED) is 0.843. The predicted octanol–water partition coefficient (Wildman–Crippen LogP) is 2.92. The normalized spacial score (nSPS) is 26.0. The van der Waals surface area contributed by atoms with Crippen molar-refractivity contribution in [2.24, 2.45) is 11.7 Å². The predicted molar refractivity (Wildman–Crippen MR) is 105 cm³/mol. The Labute approximate surface area is 157 Å². The van der Waals surface area contributed by atoms with Crippen molar-refractivity contribution in [1.82, 2.24) is 10.2 Å². The van der Waals surface area contributed by atoms with Crippen LogP contribution in [0.2, 0.25) is 0 Å². The number of hydrogen-bond donors (Lipinski definition) is 2. The van der Waals surface area contributed by atoms with Gasteiger partial charge in [0.15, 0.2) is 0 Å². The van der Waals surface area contributed by atoms with Crippen molar-refractivity contribution in [3.63, 3.8) is 0 Å².